The number of ether oxygens (including phenoxy) is 1. The number of piperidine rings is 1. The van der Waals surface area contributed by atoms with E-state index in [2.05, 4.69) is 4.98 Å². The molecule has 7 nitrogen and oxygen atoms in total. The smallest absolute Gasteiger partial charge is 0.416 e. The minimum absolute atomic E-state index is 0.126. The molecule has 7 heteroatoms. The van der Waals surface area contributed by atoms with E-state index in [9.17, 15) is 9.59 Å². The molecular formula is C19H26N4O3. The number of nitrogens with zero attached hydrogens (tertiary/aromatic N) is 4. The van der Waals surface area contributed by atoms with Crippen LogP contribution in [0.3, 0.4) is 0 Å². The second kappa shape index (κ2) is 6.85. The lowest BCUT2D eigenvalue weighted by Gasteiger charge is -2.31. The Hall–Kier alpha value is -2.18. The van der Waals surface area contributed by atoms with Gasteiger partial charge < -0.3 is 9.64 Å². The zero-order chi connectivity index (χ0) is 18.1. The molecule has 1 aromatic rings. The molecule has 1 saturated carbocycles. The van der Waals surface area contributed by atoms with Gasteiger partial charge in [-0.2, -0.15) is 0 Å². The number of hydrogen-bond donors (Lipinski definition) is 0. The Balaban J connectivity index is 1.48. The molecule has 3 fully saturated rings. The zero-order valence-electron chi connectivity index (χ0n) is 15.3. The SMILES string of the molecule is CC(=O)N1CCC(c2cncc(N3CC4(CCCCC4)OC3=O)n2)CC1. The molecule has 0 aromatic carbocycles. The van der Waals surface area contributed by atoms with E-state index in [-0.39, 0.29) is 23.5 Å². The third-order valence-corrected chi connectivity index (χ3v) is 6.01. The van der Waals surface area contributed by atoms with Crippen molar-refractivity contribution in [3.63, 3.8) is 0 Å². The highest BCUT2D eigenvalue weighted by Gasteiger charge is 2.46. The molecule has 3 aliphatic rings. The standard InChI is InChI=1S/C19H26N4O3/c1-14(24)22-9-5-15(6-10-22)16-11-20-12-17(21-16)23-13-19(26-18(23)25)7-3-2-4-8-19/h11-12,15H,2-10,13H2,1H3. The van der Waals surface area contributed by atoms with Crippen LogP contribution < -0.4 is 4.90 Å². The Bertz CT molecular complexity index is 694. The van der Waals surface area contributed by atoms with Gasteiger partial charge in [0.15, 0.2) is 5.82 Å². The fraction of sp³-hybridized carbons (Fsp3) is 0.684. The molecule has 4 rings (SSSR count). The van der Waals surface area contributed by atoms with Crippen molar-refractivity contribution in [2.45, 2.75) is 63.4 Å². The van der Waals surface area contributed by atoms with Crippen LogP contribution in [0.1, 0.15) is 63.5 Å². The monoisotopic (exact) mass is 358 g/mol. The highest BCUT2D eigenvalue weighted by atomic mass is 16.6. The maximum atomic E-state index is 12.4. The normalized spacial score (nSPS) is 23.3. The Morgan fingerprint density at radius 1 is 1.19 bits per heavy atom. The van der Waals surface area contributed by atoms with Crippen LogP contribution >= 0.6 is 0 Å². The highest BCUT2D eigenvalue weighted by Crippen LogP contribution is 2.38. The first-order valence-electron chi connectivity index (χ1n) is 9.64. The minimum atomic E-state index is -0.333. The first kappa shape index (κ1) is 17.2. The molecule has 0 bridgehead atoms. The molecule has 2 amide bonds. The Morgan fingerprint density at radius 3 is 2.62 bits per heavy atom. The van der Waals surface area contributed by atoms with Crippen molar-refractivity contribution >= 4 is 17.8 Å². The van der Waals surface area contributed by atoms with Crippen LogP contribution in [0.25, 0.3) is 0 Å². The molecule has 1 aromatic heterocycles. The summed E-state index contributed by atoms with van der Waals surface area (Å²) in [5.74, 6) is 0.991. The Kier molecular flexibility index (Phi) is 4.54. The summed E-state index contributed by atoms with van der Waals surface area (Å²) in [7, 11) is 0. The average Bonchev–Trinajstić information content (AvgIpc) is 2.98. The molecular weight excluding hydrogens is 332 g/mol. The number of likely N-dealkylation sites (tertiary alicyclic amines) is 1. The van der Waals surface area contributed by atoms with Crippen LogP contribution in [0.2, 0.25) is 0 Å². The summed E-state index contributed by atoms with van der Waals surface area (Å²) in [6, 6.07) is 0. The van der Waals surface area contributed by atoms with Gasteiger partial charge in [0.1, 0.15) is 5.60 Å². The van der Waals surface area contributed by atoms with Crippen LogP contribution in [0.4, 0.5) is 10.6 Å². The van der Waals surface area contributed by atoms with E-state index in [0.29, 0.717) is 12.4 Å². The first-order valence-corrected chi connectivity index (χ1v) is 9.64. The van der Waals surface area contributed by atoms with Gasteiger partial charge in [-0.05, 0) is 38.5 Å². The van der Waals surface area contributed by atoms with Crippen LogP contribution in [-0.2, 0) is 9.53 Å². The van der Waals surface area contributed by atoms with Gasteiger partial charge in [-0.25, -0.2) is 9.78 Å². The highest BCUT2D eigenvalue weighted by molar-refractivity contribution is 5.89. The largest absolute Gasteiger partial charge is 0.441 e. The van der Waals surface area contributed by atoms with E-state index in [4.69, 9.17) is 9.72 Å². The molecule has 0 atom stereocenters. The molecule has 3 heterocycles. The summed E-state index contributed by atoms with van der Waals surface area (Å²) in [5.41, 5.74) is 0.572. The van der Waals surface area contributed by atoms with Crippen LogP contribution in [0.15, 0.2) is 12.4 Å². The predicted octanol–water partition coefficient (Wildman–Crippen LogP) is 2.86. The summed E-state index contributed by atoms with van der Waals surface area (Å²) in [5, 5.41) is 0. The summed E-state index contributed by atoms with van der Waals surface area (Å²) < 4.78 is 5.76. The molecule has 140 valence electrons. The van der Waals surface area contributed by atoms with Gasteiger partial charge in [0, 0.05) is 32.1 Å². The van der Waals surface area contributed by atoms with E-state index in [1.165, 1.54) is 6.42 Å². The molecule has 0 N–H and O–H groups in total. The number of aromatic nitrogens is 2. The number of carbonyl (C=O) groups excluding carboxylic acids is 2. The van der Waals surface area contributed by atoms with Gasteiger partial charge in [0.05, 0.1) is 18.4 Å². The molecule has 0 radical (unpaired) electrons. The van der Waals surface area contributed by atoms with Crippen molar-refractivity contribution in [2.24, 2.45) is 0 Å². The van der Waals surface area contributed by atoms with Gasteiger partial charge in [0.2, 0.25) is 5.91 Å². The number of anilines is 1. The van der Waals surface area contributed by atoms with Crippen LogP contribution in [0, 0.1) is 0 Å². The average molecular weight is 358 g/mol. The van der Waals surface area contributed by atoms with Gasteiger partial charge in [0.25, 0.3) is 0 Å². The Morgan fingerprint density at radius 2 is 1.92 bits per heavy atom. The second-order valence-corrected chi connectivity index (χ2v) is 7.78. The third kappa shape index (κ3) is 3.27. The molecule has 1 aliphatic carbocycles. The molecule has 0 unspecified atom stereocenters. The summed E-state index contributed by atoms with van der Waals surface area (Å²) in [6.45, 7) is 3.69. The number of carbonyl (C=O) groups is 2. The van der Waals surface area contributed by atoms with Gasteiger partial charge in [-0.3, -0.25) is 14.7 Å². The van der Waals surface area contributed by atoms with E-state index in [1.54, 1.807) is 24.2 Å². The molecule has 26 heavy (non-hydrogen) atoms. The fourth-order valence-corrected chi connectivity index (χ4v) is 4.44. The molecule has 2 aliphatic heterocycles. The molecule has 1 spiro atoms. The van der Waals surface area contributed by atoms with E-state index in [1.807, 2.05) is 4.90 Å². The van der Waals surface area contributed by atoms with Gasteiger partial charge in [-0.1, -0.05) is 6.42 Å². The second-order valence-electron chi connectivity index (χ2n) is 7.78. The molecule has 2 saturated heterocycles. The van der Waals surface area contributed by atoms with E-state index < -0.39 is 0 Å². The van der Waals surface area contributed by atoms with Crippen molar-refractivity contribution in [1.29, 1.82) is 0 Å². The summed E-state index contributed by atoms with van der Waals surface area (Å²) >= 11 is 0. The predicted molar refractivity (Wildman–Crippen MR) is 95.9 cm³/mol. The minimum Gasteiger partial charge on any atom is -0.441 e. The fourth-order valence-electron chi connectivity index (χ4n) is 4.44. The maximum Gasteiger partial charge on any atom is 0.416 e. The number of hydrogen-bond acceptors (Lipinski definition) is 5. The Labute approximate surface area is 153 Å². The summed E-state index contributed by atoms with van der Waals surface area (Å²) in [4.78, 5) is 36.5. The lowest BCUT2D eigenvalue weighted by Crippen LogP contribution is -2.37. The first-order chi connectivity index (χ1) is 12.6. The van der Waals surface area contributed by atoms with E-state index in [0.717, 1.165) is 57.3 Å². The topological polar surface area (TPSA) is 75.6 Å². The number of rotatable bonds is 2. The lowest BCUT2D eigenvalue weighted by atomic mass is 9.85. The maximum absolute atomic E-state index is 12.4. The van der Waals surface area contributed by atoms with Crippen LogP contribution in [-0.4, -0.2) is 52.1 Å². The zero-order valence-corrected chi connectivity index (χ0v) is 15.3. The van der Waals surface area contributed by atoms with Gasteiger partial charge >= 0.3 is 6.09 Å². The quantitative estimate of drug-likeness (QED) is 0.812. The van der Waals surface area contributed by atoms with Crippen molar-refractivity contribution in [1.82, 2.24) is 14.9 Å². The lowest BCUT2D eigenvalue weighted by molar-refractivity contribution is -0.129. The summed E-state index contributed by atoms with van der Waals surface area (Å²) in [6.07, 6.45) is 10.2. The van der Waals surface area contributed by atoms with Crippen LogP contribution in [0.5, 0.6) is 0 Å². The number of amides is 2. The van der Waals surface area contributed by atoms with Gasteiger partial charge in [-0.15, -0.1) is 0 Å². The third-order valence-electron chi connectivity index (χ3n) is 6.01. The van der Waals surface area contributed by atoms with Crippen molar-refractivity contribution in [3.05, 3.63) is 18.1 Å². The van der Waals surface area contributed by atoms with E-state index >= 15 is 0 Å². The van der Waals surface area contributed by atoms with Crippen molar-refractivity contribution < 1.29 is 14.3 Å². The van der Waals surface area contributed by atoms with Crippen molar-refractivity contribution in [2.75, 3.05) is 24.5 Å². The van der Waals surface area contributed by atoms with Crippen molar-refractivity contribution in [3.8, 4) is 0 Å².